The zero-order valence-corrected chi connectivity index (χ0v) is 25.8. The molecule has 220 valence electrons. The zero-order chi connectivity index (χ0) is 31.0. The molecular formula is C36H26F3O4Sb. The summed E-state index contributed by atoms with van der Waals surface area (Å²) in [5.74, 6) is -4.14. The standard InChI is InChI=1S/2C9H8O2.3C6H4F.Sb/c2*10-9(11)7-6-8-4-2-1-3-5-8;3*7-6-4-2-1-3-5-6;/h2*1-7H,(H,10,11);3*1-2,4-5H;/q;;;;;+2/p-2. The van der Waals surface area contributed by atoms with Crippen molar-refractivity contribution in [1.82, 2.24) is 0 Å². The molecule has 0 radical (unpaired) electrons. The van der Waals surface area contributed by atoms with Crippen LogP contribution < -0.4 is 10.5 Å². The molecule has 0 bridgehead atoms. The van der Waals surface area contributed by atoms with Crippen molar-refractivity contribution < 1.29 is 28.8 Å². The molecule has 0 heterocycles. The Kier molecular flexibility index (Phi) is 9.17. The van der Waals surface area contributed by atoms with Gasteiger partial charge in [-0.05, 0) is 0 Å². The van der Waals surface area contributed by atoms with Crippen LogP contribution in [-0.2, 0) is 15.6 Å². The Labute approximate surface area is 254 Å². The van der Waals surface area contributed by atoms with Crippen molar-refractivity contribution in [2.24, 2.45) is 0 Å². The van der Waals surface area contributed by atoms with E-state index in [-0.39, 0.29) is 10.5 Å². The fraction of sp³-hybridized carbons (Fsp3) is 0. The Hall–Kier alpha value is -4.87. The van der Waals surface area contributed by atoms with Gasteiger partial charge in [-0.2, -0.15) is 0 Å². The van der Waals surface area contributed by atoms with Crippen LogP contribution in [0.25, 0.3) is 12.2 Å². The monoisotopic (exact) mass is 700 g/mol. The van der Waals surface area contributed by atoms with E-state index >= 15 is 13.2 Å². The van der Waals surface area contributed by atoms with E-state index in [0.29, 0.717) is 11.1 Å². The van der Waals surface area contributed by atoms with E-state index in [9.17, 15) is 9.59 Å². The van der Waals surface area contributed by atoms with Crippen molar-refractivity contribution in [1.29, 1.82) is 0 Å². The van der Waals surface area contributed by atoms with Gasteiger partial charge < -0.3 is 0 Å². The van der Waals surface area contributed by atoms with Crippen LogP contribution in [0.1, 0.15) is 11.1 Å². The minimum absolute atomic E-state index is 0.0306. The number of rotatable bonds is 9. The second-order valence-corrected chi connectivity index (χ2v) is 20.6. The van der Waals surface area contributed by atoms with Gasteiger partial charge in [-0.3, -0.25) is 0 Å². The molecular weight excluding hydrogens is 675 g/mol. The first kappa shape index (κ1) is 30.6. The predicted molar refractivity (Wildman–Crippen MR) is 167 cm³/mol. The minimum atomic E-state index is -6.76. The number of hydrogen-bond donors (Lipinski definition) is 0. The van der Waals surface area contributed by atoms with E-state index in [1.807, 2.05) is 12.1 Å². The van der Waals surface area contributed by atoms with Crippen LogP contribution in [0.3, 0.4) is 0 Å². The first-order chi connectivity index (χ1) is 21.3. The molecule has 0 saturated heterocycles. The van der Waals surface area contributed by atoms with Crippen LogP contribution in [0, 0.1) is 17.5 Å². The average molecular weight is 701 g/mol. The summed E-state index contributed by atoms with van der Waals surface area (Å²) >= 11 is -6.76. The molecule has 5 aromatic rings. The fourth-order valence-electron chi connectivity index (χ4n) is 4.83. The van der Waals surface area contributed by atoms with Gasteiger partial charge in [-0.1, -0.05) is 0 Å². The number of carbonyl (C=O) groups excluding carboxylic acids is 2. The maximum atomic E-state index is 15.0. The summed E-state index contributed by atoms with van der Waals surface area (Å²) in [4.78, 5) is 27.6. The van der Waals surface area contributed by atoms with Crippen molar-refractivity contribution in [3.05, 3.63) is 174 Å². The van der Waals surface area contributed by atoms with E-state index < -0.39 is 47.6 Å². The molecule has 0 aliphatic carbocycles. The second kappa shape index (κ2) is 13.2. The number of benzene rings is 5. The molecule has 0 fully saturated rings. The SMILES string of the molecule is O=C(C=Cc1ccccc1)[O][Sb]([O]C(=O)C=Cc1ccccc1)([c]1cccc(F)c1)([c]1cccc(F)c1)[c]1cccc(F)c1. The summed E-state index contributed by atoms with van der Waals surface area (Å²) in [6.07, 6.45) is 5.24. The van der Waals surface area contributed by atoms with Gasteiger partial charge >= 0.3 is 256 Å². The zero-order valence-electron chi connectivity index (χ0n) is 23.2. The summed E-state index contributed by atoms with van der Waals surface area (Å²) in [5.41, 5.74) is 1.34. The molecule has 44 heavy (non-hydrogen) atoms. The molecule has 0 aliphatic rings. The van der Waals surface area contributed by atoms with Gasteiger partial charge in [0.1, 0.15) is 0 Å². The molecule has 0 saturated carbocycles. The van der Waals surface area contributed by atoms with Crippen LogP contribution in [0.4, 0.5) is 13.2 Å². The topological polar surface area (TPSA) is 52.6 Å². The van der Waals surface area contributed by atoms with E-state index in [2.05, 4.69) is 0 Å². The summed E-state index contributed by atoms with van der Waals surface area (Å²) < 4.78 is 57.8. The van der Waals surface area contributed by atoms with Gasteiger partial charge in [0.15, 0.2) is 0 Å². The van der Waals surface area contributed by atoms with Gasteiger partial charge in [-0.15, -0.1) is 0 Å². The van der Waals surface area contributed by atoms with Gasteiger partial charge in [-0.25, -0.2) is 0 Å². The summed E-state index contributed by atoms with van der Waals surface area (Å²) in [6, 6.07) is 32.9. The second-order valence-electron chi connectivity index (χ2n) is 9.71. The normalized spacial score (nSPS) is 12.5. The third-order valence-electron chi connectivity index (χ3n) is 6.78. The average Bonchev–Trinajstić information content (AvgIpc) is 3.03. The predicted octanol–water partition coefficient (Wildman–Crippen LogP) is 6.03. The Bertz CT molecular complexity index is 1680. The van der Waals surface area contributed by atoms with Crippen LogP contribution in [0.15, 0.2) is 146 Å². The molecule has 0 aromatic heterocycles. The Balaban J connectivity index is 1.82. The summed E-state index contributed by atoms with van der Waals surface area (Å²) in [7, 11) is 0. The van der Waals surface area contributed by atoms with Gasteiger partial charge in [0.2, 0.25) is 0 Å². The number of carbonyl (C=O) groups is 2. The molecule has 8 heteroatoms. The van der Waals surface area contributed by atoms with Crippen molar-refractivity contribution in [2.45, 2.75) is 0 Å². The summed E-state index contributed by atoms with van der Waals surface area (Å²) in [6.45, 7) is 0. The number of halogens is 3. The molecule has 0 atom stereocenters. The first-order valence-corrected chi connectivity index (χ1v) is 19.4. The molecule has 4 nitrogen and oxygen atoms in total. The van der Waals surface area contributed by atoms with E-state index in [0.717, 1.165) is 48.6 Å². The summed E-state index contributed by atoms with van der Waals surface area (Å²) in [5, 5.41) is 0. The van der Waals surface area contributed by atoms with Gasteiger partial charge in [0.25, 0.3) is 0 Å². The van der Waals surface area contributed by atoms with Gasteiger partial charge in [0, 0.05) is 0 Å². The quantitative estimate of drug-likeness (QED) is 0.139. The molecule has 0 unspecified atom stereocenters. The molecule has 0 N–H and O–H groups in total. The van der Waals surface area contributed by atoms with E-state index in [4.69, 9.17) is 6.03 Å². The van der Waals surface area contributed by atoms with Crippen molar-refractivity contribution >= 4 is 52.9 Å². The van der Waals surface area contributed by atoms with Crippen molar-refractivity contribution in [2.75, 3.05) is 0 Å². The molecule has 0 spiro atoms. The van der Waals surface area contributed by atoms with Crippen LogP contribution in [-0.4, -0.2) is 30.2 Å². The molecule has 0 aliphatic heterocycles. The van der Waals surface area contributed by atoms with Crippen LogP contribution in [0.2, 0.25) is 0 Å². The van der Waals surface area contributed by atoms with Crippen LogP contribution >= 0.6 is 0 Å². The molecule has 5 aromatic carbocycles. The fourth-order valence-corrected chi connectivity index (χ4v) is 17.7. The first-order valence-electron chi connectivity index (χ1n) is 13.5. The Morgan fingerprint density at radius 1 is 0.477 bits per heavy atom. The third kappa shape index (κ3) is 6.38. The van der Waals surface area contributed by atoms with Crippen molar-refractivity contribution in [3.8, 4) is 0 Å². The third-order valence-corrected chi connectivity index (χ3v) is 20.2. The Morgan fingerprint density at radius 3 is 1.14 bits per heavy atom. The van der Waals surface area contributed by atoms with E-state index in [1.54, 1.807) is 48.5 Å². The van der Waals surface area contributed by atoms with Crippen molar-refractivity contribution in [3.63, 3.8) is 0 Å². The van der Waals surface area contributed by atoms with Crippen LogP contribution in [0.5, 0.6) is 0 Å². The van der Waals surface area contributed by atoms with E-state index in [1.165, 1.54) is 48.6 Å². The Morgan fingerprint density at radius 2 is 0.818 bits per heavy atom. The maximum absolute atomic E-state index is 15.0. The molecule has 0 amide bonds. The number of hydrogen-bond acceptors (Lipinski definition) is 4. The molecule has 5 rings (SSSR count). The van der Waals surface area contributed by atoms with Gasteiger partial charge in [0.05, 0.1) is 0 Å².